The standard InChI is InChI=1S/C14H16FN3O2S/c15-10-3-1-4-11(7-10)21-8-12-17-13(20-18-12)14(19)5-2-6-16-9-14/h1,3-4,7,16,19H,2,5-6,8-9H2. The van der Waals surface area contributed by atoms with E-state index in [0.717, 1.165) is 17.9 Å². The van der Waals surface area contributed by atoms with Crippen molar-refractivity contribution in [3.63, 3.8) is 0 Å². The zero-order valence-electron chi connectivity index (χ0n) is 11.4. The fraction of sp³-hybridized carbons (Fsp3) is 0.429. The molecule has 1 unspecified atom stereocenters. The van der Waals surface area contributed by atoms with Gasteiger partial charge < -0.3 is 14.9 Å². The van der Waals surface area contributed by atoms with Crippen molar-refractivity contribution in [2.24, 2.45) is 0 Å². The van der Waals surface area contributed by atoms with E-state index in [1.807, 2.05) is 6.07 Å². The first kappa shape index (κ1) is 14.5. The SMILES string of the molecule is OC1(c2nc(CSc3cccc(F)c3)no2)CCCNC1. The number of halogens is 1. The number of hydrogen-bond acceptors (Lipinski definition) is 6. The Hall–Kier alpha value is -1.44. The second kappa shape index (κ2) is 6.13. The Balaban J connectivity index is 1.65. The molecule has 0 amide bonds. The molecule has 1 saturated heterocycles. The average molecular weight is 309 g/mol. The van der Waals surface area contributed by atoms with E-state index in [0.29, 0.717) is 24.5 Å². The van der Waals surface area contributed by atoms with Gasteiger partial charge in [-0.25, -0.2) is 4.39 Å². The predicted octanol–water partition coefficient (Wildman–Crippen LogP) is 2.07. The first-order valence-corrected chi connectivity index (χ1v) is 7.79. The molecule has 112 valence electrons. The maximum Gasteiger partial charge on any atom is 0.259 e. The van der Waals surface area contributed by atoms with Gasteiger partial charge in [-0.1, -0.05) is 11.2 Å². The summed E-state index contributed by atoms with van der Waals surface area (Å²) in [6.07, 6.45) is 1.48. The van der Waals surface area contributed by atoms with Crippen LogP contribution < -0.4 is 5.32 Å². The first-order chi connectivity index (χ1) is 10.2. The first-order valence-electron chi connectivity index (χ1n) is 6.80. The minimum absolute atomic E-state index is 0.254. The predicted molar refractivity (Wildman–Crippen MR) is 76.3 cm³/mol. The van der Waals surface area contributed by atoms with Crippen LogP contribution in [0.3, 0.4) is 0 Å². The van der Waals surface area contributed by atoms with Gasteiger partial charge in [0, 0.05) is 11.4 Å². The van der Waals surface area contributed by atoms with Gasteiger partial charge in [-0.15, -0.1) is 11.8 Å². The zero-order valence-corrected chi connectivity index (χ0v) is 12.2. The third-order valence-corrected chi connectivity index (χ3v) is 4.38. The molecule has 0 saturated carbocycles. The molecule has 2 aromatic rings. The van der Waals surface area contributed by atoms with E-state index in [2.05, 4.69) is 15.5 Å². The Labute approximate surface area is 125 Å². The molecule has 1 aromatic heterocycles. The van der Waals surface area contributed by atoms with Crippen molar-refractivity contribution in [3.8, 4) is 0 Å². The fourth-order valence-electron chi connectivity index (χ4n) is 2.28. The second-order valence-electron chi connectivity index (χ2n) is 5.07. The van der Waals surface area contributed by atoms with Crippen LogP contribution in [0.2, 0.25) is 0 Å². The van der Waals surface area contributed by atoms with Crippen molar-refractivity contribution in [2.75, 3.05) is 13.1 Å². The van der Waals surface area contributed by atoms with E-state index in [-0.39, 0.29) is 11.7 Å². The lowest BCUT2D eigenvalue weighted by Crippen LogP contribution is -2.43. The van der Waals surface area contributed by atoms with E-state index in [1.54, 1.807) is 6.07 Å². The summed E-state index contributed by atoms with van der Waals surface area (Å²) in [5.74, 6) is 0.954. The van der Waals surface area contributed by atoms with Crippen LogP contribution in [-0.2, 0) is 11.4 Å². The molecular weight excluding hydrogens is 293 g/mol. The third kappa shape index (κ3) is 3.42. The van der Waals surface area contributed by atoms with Gasteiger partial charge in [0.15, 0.2) is 11.4 Å². The maximum atomic E-state index is 13.1. The second-order valence-corrected chi connectivity index (χ2v) is 6.12. The summed E-state index contributed by atoms with van der Waals surface area (Å²) >= 11 is 1.42. The number of rotatable bonds is 4. The minimum Gasteiger partial charge on any atom is -0.379 e. The number of piperidine rings is 1. The topological polar surface area (TPSA) is 71.2 Å². The molecule has 2 N–H and O–H groups in total. The van der Waals surface area contributed by atoms with Crippen LogP contribution in [0.15, 0.2) is 33.7 Å². The smallest absolute Gasteiger partial charge is 0.259 e. The number of thioether (sulfide) groups is 1. The maximum absolute atomic E-state index is 13.1. The van der Waals surface area contributed by atoms with Gasteiger partial charge in [0.1, 0.15) is 5.82 Å². The van der Waals surface area contributed by atoms with Crippen molar-refractivity contribution in [3.05, 3.63) is 41.8 Å². The van der Waals surface area contributed by atoms with Gasteiger partial charge in [-0.2, -0.15) is 4.98 Å². The third-order valence-electron chi connectivity index (χ3n) is 3.39. The fourth-order valence-corrected chi connectivity index (χ4v) is 3.06. The van der Waals surface area contributed by atoms with Crippen molar-refractivity contribution in [1.29, 1.82) is 0 Å². The number of β-amino-alcohol motifs (C(OH)–C–C–N with tert-alkyl or cyclic N) is 1. The van der Waals surface area contributed by atoms with Crippen LogP contribution in [0, 0.1) is 5.82 Å². The molecule has 1 aliphatic rings. The van der Waals surface area contributed by atoms with Crippen LogP contribution in [0.5, 0.6) is 0 Å². The molecule has 0 bridgehead atoms. The number of hydrogen-bond donors (Lipinski definition) is 2. The highest BCUT2D eigenvalue weighted by Gasteiger charge is 2.36. The van der Waals surface area contributed by atoms with E-state index >= 15 is 0 Å². The molecule has 3 rings (SSSR count). The van der Waals surface area contributed by atoms with Crippen molar-refractivity contribution in [1.82, 2.24) is 15.5 Å². The summed E-state index contributed by atoms with van der Waals surface area (Å²) in [6, 6.07) is 6.36. The highest BCUT2D eigenvalue weighted by atomic mass is 32.2. The summed E-state index contributed by atoms with van der Waals surface area (Å²) in [5, 5.41) is 17.5. The van der Waals surface area contributed by atoms with Gasteiger partial charge in [-0.05, 0) is 37.6 Å². The van der Waals surface area contributed by atoms with E-state index in [1.165, 1.54) is 23.9 Å². The average Bonchev–Trinajstić information content (AvgIpc) is 2.96. The lowest BCUT2D eigenvalue weighted by molar-refractivity contribution is -0.0167. The number of nitrogens with zero attached hydrogens (tertiary/aromatic N) is 2. The molecule has 0 aliphatic carbocycles. The Morgan fingerprint density at radius 2 is 2.38 bits per heavy atom. The summed E-state index contributed by atoms with van der Waals surface area (Å²) in [4.78, 5) is 5.07. The molecule has 1 atom stereocenters. The van der Waals surface area contributed by atoms with Crippen LogP contribution in [0.4, 0.5) is 4.39 Å². The van der Waals surface area contributed by atoms with Gasteiger partial charge in [0.05, 0.1) is 5.75 Å². The monoisotopic (exact) mass is 309 g/mol. The highest BCUT2D eigenvalue weighted by molar-refractivity contribution is 7.98. The van der Waals surface area contributed by atoms with Crippen LogP contribution in [0.1, 0.15) is 24.6 Å². The molecule has 1 aliphatic heterocycles. The van der Waals surface area contributed by atoms with Crippen molar-refractivity contribution in [2.45, 2.75) is 29.1 Å². The minimum atomic E-state index is -1.08. The number of benzene rings is 1. The van der Waals surface area contributed by atoms with E-state index in [9.17, 15) is 9.50 Å². The molecule has 2 heterocycles. The van der Waals surface area contributed by atoms with Crippen LogP contribution in [0.25, 0.3) is 0 Å². The molecule has 5 nitrogen and oxygen atoms in total. The van der Waals surface area contributed by atoms with Gasteiger partial charge in [-0.3, -0.25) is 0 Å². The van der Waals surface area contributed by atoms with Crippen molar-refractivity contribution >= 4 is 11.8 Å². The largest absolute Gasteiger partial charge is 0.379 e. The Morgan fingerprint density at radius 3 is 3.14 bits per heavy atom. The molecule has 7 heteroatoms. The van der Waals surface area contributed by atoms with Crippen LogP contribution >= 0.6 is 11.8 Å². The van der Waals surface area contributed by atoms with Gasteiger partial charge in [0.2, 0.25) is 0 Å². The normalized spacial score (nSPS) is 22.4. The van der Waals surface area contributed by atoms with Gasteiger partial charge in [0.25, 0.3) is 5.89 Å². The number of nitrogens with one attached hydrogen (secondary N) is 1. The number of aromatic nitrogens is 2. The Bertz CT molecular complexity index is 614. The lowest BCUT2D eigenvalue weighted by atomic mass is 9.94. The molecule has 21 heavy (non-hydrogen) atoms. The Morgan fingerprint density at radius 1 is 1.48 bits per heavy atom. The molecule has 0 spiro atoms. The molecule has 1 aromatic carbocycles. The quantitative estimate of drug-likeness (QED) is 0.843. The van der Waals surface area contributed by atoms with Crippen LogP contribution in [-0.4, -0.2) is 28.3 Å². The summed E-state index contributed by atoms with van der Waals surface area (Å²) in [5.41, 5.74) is -1.08. The summed E-state index contributed by atoms with van der Waals surface area (Å²) in [6.45, 7) is 1.31. The van der Waals surface area contributed by atoms with Crippen molar-refractivity contribution < 1.29 is 14.0 Å². The van der Waals surface area contributed by atoms with Gasteiger partial charge >= 0.3 is 0 Å². The molecule has 0 radical (unpaired) electrons. The van der Waals surface area contributed by atoms with E-state index in [4.69, 9.17) is 4.52 Å². The molecular formula is C14H16FN3O2S. The summed E-state index contributed by atoms with van der Waals surface area (Å²) < 4.78 is 18.3. The molecule has 1 fully saturated rings. The number of aliphatic hydroxyl groups is 1. The van der Waals surface area contributed by atoms with E-state index < -0.39 is 5.60 Å². The zero-order chi connectivity index (χ0) is 14.7. The lowest BCUT2D eigenvalue weighted by Gasteiger charge is -2.28. The summed E-state index contributed by atoms with van der Waals surface area (Å²) in [7, 11) is 0. The Kier molecular flexibility index (Phi) is 4.23. The highest BCUT2D eigenvalue weighted by Crippen LogP contribution is 2.28.